The summed E-state index contributed by atoms with van der Waals surface area (Å²) < 4.78 is 0. The maximum atomic E-state index is 11.4. The van der Waals surface area contributed by atoms with Gasteiger partial charge in [-0.2, -0.15) is 0 Å². The number of carbonyl (C=O) groups is 1. The van der Waals surface area contributed by atoms with Crippen molar-refractivity contribution in [1.82, 2.24) is 4.98 Å². The van der Waals surface area contributed by atoms with Crippen molar-refractivity contribution in [3.05, 3.63) is 16.1 Å². The Hall–Kier alpha value is -0.700. The average Bonchev–Trinajstić information content (AvgIpc) is 2.58. The van der Waals surface area contributed by atoms with Crippen molar-refractivity contribution in [2.75, 3.05) is 0 Å². The summed E-state index contributed by atoms with van der Waals surface area (Å²) in [6.45, 7) is 4.30. The highest BCUT2D eigenvalue weighted by Crippen LogP contribution is 2.31. The molecule has 0 aromatic carbocycles. The number of aromatic nitrogens is 1. The van der Waals surface area contributed by atoms with E-state index in [4.69, 9.17) is 0 Å². The molecule has 2 atom stereocenters. The second kappa shape index (κ2) is 4.44. The predicted octanol–water partition coefficient (Wildman–Crippen LogP) is 3.00. The molecule has 1 fully saturated rings. The Labute approximate surface area is 94.7 Å². The molecule has 1 heterocycles. The highest BCUT2D eigenvalue weighted by molar-refractivity contribution is 7.11. The van der Waals surface area contributed by atoms with Crippen LogP contribution in [0.3, 0.4) is 0 Å². The summed E-state index contributed by atoms with van der Waals surface area (Å²) in [4.78, 5) is 17.0. The van der Waals surface area contributed by atoms with E-state index in [1.54, 1.807) is 11.3 Å². The van der Waals surface area contributed by atoms with Crippen LogP contribution in [0.1, 0.15) is 36.1 Å². The molecule has 0 N–H and O–H groups in total. The number of hydrogen-bond donors (Lipinski definition) is 0. The van der Waals surface area contributed by atoms with Crippen molar-refractivity contribution < 1.29 is 4.79 Å². The lowest BCUT2D eigenvalue weighted by atomic mass is 9.78. The maximum Gasteiger partial charge on any atom is 0.133 e. The molecule has 0 amide bonds. The fourth-order valence-electron chi connectivity index (χ4n) is 2.25. The van der Waals surface area contributed by atoms with Gasteiger partial charge in [-0.3, -0.25) is 4.79 Å². The third kappa shape index (κ3) is 2.65. The number of rotatable bonds is 2. The first-order valence-electron chi connectivity index (χ1n) is 5.58. The highest BCUT2D eigenvalue weighted by atomic mass is 32.1. The van der Waals surface area contributed by atoms with Crippen molar-refractivity contribution in [3.63, 3.8) is 0 Å². The molecule has 2 rings (SSSR count). The molecule has 1 aromatic rings. The summed E-state index contributed by atoms with van der Waals surface area (Å²) in [5.74, 6) is 1.68. The molecule has 0 spiro atoms. The minimum atomic E-state index is 0.444. The molecule has 0 aliphatic heterocycles. The van der Waals surface area contributed by atoms with E-state index in [0.717, 1.165) is 30.7 Å². The molecule has 0 saturated heterocycles. The number of aryl methyl sites for hydroxylation is 1. The molecule has 82 valence electrons. The Balaban J connectivity index is 2.01. The number of Topliss-reactive ketones (excluding diaryl/α,β-unsaturated/α-hetero) is 1. The van der Waals surface area contributed by atoms with Crippen LogP contribution in [0.2, 0.25) is 0 Å². The van der Waals surface area contributed by atoms with Crippen molar-refractivity contribution >= 4 is 17.1 Å². The van der Waals surface area contributed by atoms with Crippen LogP contribution in [0.25, 0.3) is 0 Å². The zero-order valence-corrected chi connectivity index (χ0v) is 10.1. The zero-order valence-electron chi connectivity index (χ0n) is 9.32. The van der Waals surface area contributed by atoms with Gasteiger partial charge in [0.15, 0.2) is 0 Å². The average molecular weight is 223 g/mol. The van der Waals surface area contributed by atoms with Crippen LogP contribution in [0, 0.1) is 18.8 Å². The molecule has 0 bridgehead atoms. The lowest BCUT2D eigenvalue weighted by Gasteiger charge is -2.27. The standard InChI is InChI=1S/C12H17NOS/c1-8-3-4-11(14)5-10(8)6-12-7-13-9(2)15-12/h7-8,10H,3-6H2,1-2H3. The lowest BCUT2D eigenvalue weighted by molar-refractivity contribution is -0.122. The largest absolute Gasteiger partial charge is 0.300 e. The van der Waals surface area contributed by atoms with Crippen LogP contribution < -0.4 is 0 Å². The zero-order chi connectivity index (χ0) is 10.8. The normalized spacial score (nSPS) is 26.9. The number of nitrogens with zero attached hydrogens (tertiary/aromatic N) is 1. The van der Waals surface area contributed by atoms with Gasteiger partial charge in [-0.25, -0.2) is 4.98 Å². The van der Waals surface area contributed by atoms with E-state index in [0.29, 0.717) is 17.6 Å². The topological polar surface area (TPSA) is 30.0 Å². The molecule has 1 saturated carbocycles. The first kappa shape index (κ1) is 10.8. The van der Waals surface area contributed by atoms with Crippen molar-refractivity contribution in [1.29, 1.82) is 0 Å². The van der Waals surface area contributed by atoms with Crippen LogP contribution in [0.15, 0.2) is 6.20 Å². The summed E-state index contributed by atoms with van der Waals surface area (Å²) in [5.41, 5.74) is 0. The first-order valence-corrected chi connectivity index (χ1v) is 6.40. The monoisotopic (exact) mass is 223 g/mol. The minimum Gasteiger partial charge on any atom is -0.300 e. The molecule has 3 heteroatoms. The Kier molecular flexibility index (Phi) is 3.19. The van der Waals surface area contributed by atoms with Gasteiger partial charge in [-0.1, -0.05) is 6.92 Å². The number of ketones is 1. The maximum absolute atomic E-state index is 11.4. The van der Waals surface area contributed by atoms with Gasteiger partial charge in [0.25, 0.3) is 0 Å². The Bertz CT molecular complexity index is 358. The highest BCUT2D eigenvalue weighted by Gasteiger charge is 2.26. The van der Waals surface area contributed by atoms with Gasteiger partial charge in [0, 0.05) is 23.9 Å². The number of thiazole rings is 1. The van der Waals surface area contributed by atoms with Gasteiger partial charge in [0.05, 0.1) is 5.01 Å². The lowest BCUT2D eigenvalue weighted by Crippen LogP contribution is -2.24. The van der Waals surface area contributed by atoms with Crippen LogP contribution in [0.4, 0.5) is 0 Å². The van der Waals surface area contributed by atoms with E-state index in [2.05, 4.69) is 11.9 Å². The van der Waals surface area contributed by atoms with E-state index < -0.39 is 0 Å². The molecule has 2 nitrogen and oxygen atoms in total. The van der Waals surface area contributed by atoms with Crippen LogP contribution in [0.5, 0.6) is 0 Å². The summed E-state index contributed by atoms with van der Waals surface area (Å²) in [5, 5.41) is 1.12. The third-order valence-corrected chi connectivity index (χ3v) is 4.24. The van der Waals surface area contributed by atoms with Gasteiger partial charge in [-0.15, -0.1) is 11.3 Å². The van der Waals surface area contributed by atoms with Crippen molar-refractivity contribution in [3.8, 4) is 0 Å². The Morgan fingerprint density at radius 2 is 2.40 bits per heavy atom. The van der Waals surface area contributed by atoms with E-state index in [-0.39, 0.29) is 0 Å². The van der Waals surface area contributed by atoms with E-state index in [9.17, 15) is 4.79 Å². The molecule has 1 aromatic heterocycles. The fraction of sp³-hybridized carbons (Fsp3) is 0.667. The van der Waals surface area contributed by atoms with E-state index >= 15 is 0 Å². The van der Waals surface area contributed by atoms with Gasteiger partial charge in [-0.05, 0) is 31.6 Å². The van der Waals surface area contributed by atoms with Gasteiger partial charge >= 0.3 is 0 Å². The Morgan fingerprint density at radius 1 is 1.60 bits per heavy atom. The van der Waals surface area contributed by atoms with Gasteiger partial charge in [0.1, 0.15) is 5.78 Å². The summed E-state index contributed by atoms with van der Waals surface area (Å²) in [7, 11) is 0. The summed E-state index contributed by atoms with van der Waals surface area (Å²) in [6.07, 6.45) is 5.64. The Morgan fingerprint density at radius 3 is 3.07 bits per heavy atom. The van der Waals surface area contributed by atoms with E-state index in [1.165, 1.54) is 4.88 Å². The number of carbonyl (C=O) groups excluding carboxylic acids is 1. The van der Waals surface area contributed by atoms with Crippen molar-refractivity contribution in [2.24, 2.45) is 11.8 Å². The van der Waals surface area contributed by atoms with Gasteiger partial charge < -0.3 is 0 Å². The molecular weight excluding hydrogens is 206 g/mol. The molecule has 1 aliphatic rings. The summed E-state index contributed by atoms with van der Waals surface area (Å²) in [6, 6.07) is 0. The van der Waals surface area contributed by atoms with Crippen LogP contribution in [-0.2, 0) is 11.2 Å². The second-order valence-corrected chi connectivity index (χ2v) is 5.89. The van der Waals surface area contributed by atoms with Gasteiger partial charge in [0.2, 0.25) is 0 Å². The van der Waals surface area contributed by atoms with Crippen LogP contribution in [-0.4, -0.2) is 10.8 Å². The molecular formula is C12H17NOS. The van der Waals surface area contributed by atoms with Crippen LogP contribution >= 0.6 is 11.3 Å². The molecule has 15 heavy (non-hydrogen) atoms. The SMILES string of the molecule is Cc1ncc(CC2CC(=O)CCC2C)s1. The first-order chi connectivity index (χ1) is 7.15. The smallest absolute Gasteiger partial charge is 0.133 e. The predicted molar refractivity (Wildman–Crippen MR) is 62.1 cm³/mol. The molecule has 0 radical (unpaired) electrons. The van der Waals surface area contributed by atoms with E-state index in [1.807, 2.05) is 13.1 Å². The second-order valence-electron chi connectivity index (χ2n) is 4.57. The summed E-state index contributed by atoms with van der Waals surface area (Å²) >= 11 is 1.76. The molecule has 2 unspecified atom stereocenters. The quantitative estimate of drug-likeness (QED) is 0.771. The fourth-order valence-corrected chi connectivity index (χ4v) is 3.14. The minimum absolute atomic E-state index is 0.444. The van der Waals surface area contributed by atoms with Crippen molar-refractivity contribution in [2.45, 2.75) is 39.5 Å². The molecule has 1 aliphatic carbocycles. The number of hydrogen-bond acceptors (Lipinski definition) is 3. The third-order valence-electron chi connectivity index (χ3n) is 3.31.